The molecular formula is C13H16ClFO3. The minimum Gasteiger partial charge on any atom is -0.346 e. The van der Waals surface area contributed by atoms with E-state index in [1.54, 1.807) is 19.9 Å². The average Bonchev–Trinajstić information content (AvgIpc) is 2.32. The quantitative estimate of drug-likeness (QED) is 0.717. The predicted molar refractivity (Wildman–Crippen MR) is 67.2 cm³/mol. The molecule has 5 heteroatoms. The molecule has 0 aromatic heterocycles. The van der Waals surface area contributed by atoms with Gasteiger partial charge in [-0.15, -0.1) is 0 Å². The van der Waals surface area contributed by atoms with Gasteiger partial charge in [-0.25, -0.2) is 4.39 Å². The van der Waals surface area contributed by atoms with Crippen LogP contribution in [0.2, 0.25) is 5.02 Å². The molecule has 0 N–H and O–H groups in total. The van der Waals surface area contributed by atoms with Crippen molar-refractivity contribution in [3.8, 4) is 0 Å². The summed E-state index contributed by atoms with van der Waals surface area (Å²) >= 11 is 5.64. The van der Waals surface area contributed by atoms with Gasteiger partial charge in [-0.3, -0.25) is 4.79 Å². The second-order valence-electron chi connectivity index (χ2n) is 3.62. The molecule has 18 heavy (non-hydrogen) atoms. The maximum absolute atomic E-state index is 13.5. The monoisotopic (exact) mass is 274 g/mol. The van der Waals surface area contributed by atoms with Crippen LogP contribution in [0.3, 0.4) is 0 Å². The Morgan fingerprint density at radius 2 is 1.94 bits per heavy atom. The molecule has 0 atom stereocenters. The molecule has 0 aliphatic rings. The first-order valence-corrected chi connectivity index (χ1v) is 6.16. The zero-order chi connectivity index (χ0) is 13.5. The summed E-state index contributed by atoms with van der Waals surface area (Å²) in [7, 11) is 0. The maximum atomic E-state index is 13.5. The first-order chi connectivity index (χ1) is 8.58. The average molecular weight is 275 g/mol. The molecule has 0 heterocycles. The maximum Gasteiger partial charge on any atom is 0.218 e. The predicted octanol–water partition coefficient (Wildman–Crippen LogP) is 2.99. The lowest BCUT2D eigenvalue weighted by atomic mass is 10.1. The van der Waals surface area contributed by atoms with Crippen molar-refractivity contribution in [2.75, 3.05) is 13.2 Å². The molecule has 0 bridgehead atoms. The van der Waals surface area contributed by atoms with E-state index in [0.717, 1.165) is 0 Å². The molecule has 0 aliphatic heterocycles. The van der Waals surface area contributed by atoms with Crippen molar-refractivity contribution in [2.24, 2.45) is 0 Å². The second-order valence-corrected chi connectivity index (χ2v) is 4.06. The number of ether oxygens (including phenoxy) is 2. The van der Waals surface area contributed by atoms with Crippen molar-refractivity contribution in [1.29, 1.82) is 0 Å². The molecule has 0 saturated heterocycles. The van der Waals surface area contributed by atoms with Gasteiger partial charge in [0.2, 0.25) is 6.29 Å². The van der Waals surface area contributed by atoms with Crippen LogP contribution in [0.5, 0.6) is 0 Å². The van der Waals surface area contributed by atoms with Crippen LogP contribution in [-0.2, 0) is 20.7 Å². The Hall–Kier alpha value is -0.970. The number of hydrogen-bond acceptors (Lipinski definition) is 3. The smallest absolute Gasteiger partial charge is 0.218 e. The first-order valence-electron chi connectivity index (χ1n) is 5.78. The number of carbonyl (C=O) groups excluding carboxylic acids is 1. The number of Topliss-reactive ketones (excluding diaryl/α,β-unsaturated/α-hetero) is 1. The minimum absolute atomic E-state index is 0.0757. The van der Waals surface area contributed by atoms with Crippen molar-refractivity contribution < 1.29 is 18.7 Å². The molecular weight excluding hydrogens is 259 g/mol. The summed E-state index contributed by atoms with van der Waals surface area (Å²) in [5.41, 5.74) is 0.286. The molecule has 3 nitrogen and oxygen atoms in total. The highest BCUT2D eigenvalue weighted by Gasteiger charge is 2.20. The molecule has 0 radical (unpaired) electrons. The van der Waals surface area contributed by atoms with Crippen LogP contribution >= 0.6 is 11.6 Å². The summed E-state index contributed by atoms with van der Waals surface area (Å²) in [5, 5.41) is 0.301. The number of halogens is 2. The van der Waals surface area contributed by atoms with Crippen molar-refractivity contribution in [2.45, 2.75) is 26.6 Å². The summed E-state index contributed by atoms with van der Waals surface area (Å²) in [6.07, 6.45) is -1.01. The van der Waals surface area contributed by atoms with Crippen LogP contribution in [0, 0.1) is 5.82 Å². The van der Waals surface area contributed by atoms with E-state index in [1.807, 2.05) is 0 Å². The van der Waals surface area contributed by atoms with E-state index in [2.05, 4.69) is 0 Å². The lowest BCUT2D eigenvalue weighted by molar-refractivity contribution is -0.167. The Morgan fingerprint density at radius 1 is 1.33 bits per heavy atom. The molecule has 1 aromatic carbocycles. The van der Waals surface area contributed by atoms with Gasteiger partial charge in [0.25, 0.3) is 0 Å². The highest BCUT2D eigenvalue weighted by Crippen LogP contribution is 2.16. The molecule has 0 amide bonds. The molecule has 0 saturated carbocycles. The zero-order valence-corrected chi connectivity index (χ0v) is 11.2. The van der Waals surface area contributed by atoms with Gasteiger partial charge < -0.3 is 9.47 Å². The van der Waals surface area contributed by atoms with Crippen molar-refractivity contribution in [3.05, 3.63) is 34.6 Å². The molecule has 100 valence electrons. The van der Waals surface area contributed by atoms with Gasteiger partial charge in [-0.1, -0.05) is 17.7 Å². The summed E-state index contributed by atoms with van der Waals surface area (Å²) in [4.78, 5) is 11.9. The third-order valence-electron chi connectivity index (χ3n) is 2.28. The normalized spacial score (nSPS) is 10.9. The fraction of sp³-hybridized carbons (Fsp3) is 0.462. The number of rotatable bonds is 7. The Bertz CT molecular complexity index is 403. The van der Waals surface area contributed by atoms with Crippen LogP contribution in [0.1, 0.15) is 19.4 Å². The SMILES string of the molecule is CCOC(OCC)C(=O)Cc1ccc(Cl)cc1F. The molecule has 0 unspecified atom stereocenters. The van der Waals surface area contributed by atoms with Gasteiger partial charge >= 0.3 is 0 Å². The van der Waals surface area contributed by atoms with Gasteiger partial charge in [0.15, 0.2) is 5.78 Å². The van der Waals surface area contributed by atoms with Crippen LogP contribution in [0.25, 0.3) is 0 Å². The van der Waals surface area contributed by atoms with E-state index in [1.165, 1.54) is 12.1 Å². The molecule has 0 spiro atoms. The van der Waals surface area contributed by atoms with Crippen LogP contribution in [0.15, 0.2) is 18.2 Å². The van der Waals surface area contributed by atoms with Crippen LogP contribution in [-0.4, -0.2) is 25.3 Å². The minimum atomic E-state index is -0.935. The van der Waals surface area contributed by atoms with E-state index >= 15 is 0 Å². The van der Waals surface area contributed by atoms with Crippen molar-refractivity contribution >= 4 is 17.4 Å². The number of ketones is 1. The summed E-state index contributed by atoms with van der Waals surface area (Å²) in [6.45, 7) is 4.25. The topological polar surface area (TPSA) is 35.5 Å². The Morgan fingerprint density at radius 3 is 2.44 bits per heavy atom. The van der Waals surface area contributed by atoms with E-state index in [0.29, 0.717) is 18.2 Å². The third kappa shape index (κ3) is 4.37. The van der Waals surface area contributed by atoms with E-state index < -0.39 is 12.1 Å². The fourth-order valence-corrected chi connectivity index (χ4v) is 1.63. The number of benzene rings is 1. The Kier molecular flexibility index (Phi) is 6.25. The summed E-state index contributed by atoms with van der Waals surface area (Å²) < 4.78 is 23.8. The second kappa shape index (κ2) is 7.46. The Labute approximate surface area is 111 Å². The standard InChI is InChI=1S/C13H16ClFO3/c1-3-17-13(18-4-2)12(16)7-9-5-6-10(14)8-11(9)15/h5-6,8,13H,3-4,7H2,1-2H3. The zero-order valence-electron chi connectivity index (χ0n) is 10.4. The van der Waals surface area contributed by atoms with E-state index in [4.69, 9.17) is 21.1 Å². The van der Waals surface area contributed by atoms with E-state index in [9.17, 15) is 9.18 Å². The molecule has 1 aromatic rings. The van der Waals surface area contributed by atoms with E-state index in [-0.39, 0.29) is 17.8 Å². The lowest BCUT2D eigenvalue weighted by Crippen LogP contribution is -2.29. The fourth-order valence-electron chi connectivity index (χ4n) is 1.47. The van der Waals surface area contributed by atoms with Gasteiger partial charge in [-0.05, 0) is 31.5 Å². The van der Waals surface area contributed by atoms with Crippen LogP contribution < -0.4 is 0 Å². The summed E-state index contributed by atoms with van der Waals surface area (Å²) in [5.74, 6) is -0.803. The van der Waals surface area contributed by atoms with Gasteiger partial charge in [0, 0.05) is 24.7 Å². The largest absolute Gasteiger partial charge is 0.346 e. The highest BCUT2D eigenvalue weighted by atomic mass is 35.5. The Balaban J connectivity index is 2.72. The van der Waals surface area contributed by atoms with Gasteiger partial charge in [0.05, 0.1) is 0 Å². The van der Waals surface area contributed by atoms with Crippen molar-refractivity contribution in [3.63, 3.8) is 0 Å². The van der Waals surface area contributed by atoms with Gasteiger partial charge in [0.1, 0.15) is 5.82 Å². The lowest BCUT2D eigenvalue weighted by Gasteiger charge is -2.15. The van der Waals surface area contributed by atoms with Crippen molar-refractivity contribution in [1.82, 2.24) is 0 Å². The van der Waals surface area contributed by atoms with Gasteiger partial charge in [-0.2, -0.15) is 0 Å². The highest BCUT2D eigenvalue weighted by molar-refractivity contribution is 6.30. The molecule has 0 fully saturated rings. The van der Waals surface area contributed by atoms with Crippen LogP contribution in [0.4, 0.5) is 4.39 Å². The molecule has 0 aliphatic carbocycles. The summed E-state index contributed by atoms with van der Waals surface area (Å²) in [6, 6.07) is 4.22. The number of hydrogen-bond donors (Lipinski definition) is 0. The molecule has 1 rings (SSSR count). The first kappa shape index (κ1) is 15.1. The number of carbonyl (C=O) groups is 1. The third-order valence-corrected chi connectivity index (χ3v) is 2.51.